The fraction of sp³-hybridized carbons (Fsp3) is 0.576. The average molecular weight is 637 g/mol. The second kappa shape index (κ2) is 16.8. The molecule has 0 bridgehead atoms. The molecule has 0 saturated heterocycles. The van der Waals surface area contributed by atoms with E-state index in [-0.39, 0.29) is 47.6 Å². The van der Waals surface area contributed by atoms with Gasteiger partial charge in [-0.05, 0) is 95.6 Å². The lowest BCUT2D eigenvalue weighted by Crippen LogP contribution is -2.47. The number of nitrogens with one attached hydrogen (secondary N) is 2. The zero-order valence-electron chi connectivity index (χ0n) is 26.8. The first-order chi connectivity index (χ1) is 21.3. The van der Waals surface area contributed by atoms with Crippen molar-refractivity contribution in [3.05, 3.63) is 53.6 Å². The van der Waals surface area contributed by atoms with Gasteiger partial charge in [0.05, 0.1) is 36.0 Å². The van der Waals surface area contributed by atoms with Gasteiger partial charge in [-0.15, -0.1) is 0 Å². The predicted octanol–water partition coefficient (Wildman–Crippen LogP) is 6.49. The number of ether oxygens (including phenoxy) is 2. The largest absolute Gasteiger partial charge is 0.490 e. The quantitative estimate of drug-likeness (QED) is 0.306. The third kappa shape index (κ3) is 10.9. The summed E-state index contributed by atoms with van der Waals surface area (Å²) in [5, 5.41) is 15.3. The Balaban J connectivity index is 1.89. The Morgan fingerprint density at radius 2 is 1.78 bits per heavy atom. The molecule has 0 fully saturated rings. The normalized spacial score (nSPS) is 21.0. The van der Waals surface area contributed by atoms with Crippen molar-refractivity contribution in [1.82, 2.24) is 9.80 Å². The van der Waals surface area contributed by atoms with Crippen molar-refractivity contribution in [3.8, 4) is 5.75 Å². The number of anilines is 2. The Morgan fingerprint density at radius 1 is 1.11 bits per heavy atom. The number of urea groups is 1. The van der Waals surface area contributed by atoms with E-state index >= 15 is 0 Å². The number of benzene rings is 2. The average Bonchev–Trinajstić information content (AvgIpc) is 2.98. The molecular weight excluding hydrogens is 589 g/mol. The molecule has 9 nitrogen and oxygen atoms in total. The van der Waals surface area contributed by atoms with Crippen LogP contribution >= 0.6 is 0 Å². The van der Waals surface area contributed by atoms with Gasteiger partial charge in [0.2, 0.25) is 0 Å². The van der Waals surface area contributed by atoms with E-state index in [1.54, 1.807) is 24.0 Å². The van der Waals surface area contributed by atoms with Crippen LogP contribution in [0, 0.1) is 5.92 Å². The summed E-state index contributed by atoms with van der Waals surface area (Å²) in [6.45, 7) is 10.2. The minimum absolute atomic E-state index is 0.0516. The van der Waals surface area contributed by atoms with Crippen LogP contribution in [0.15, 0.2) is 42.5 Å². The van der Waals surface area contributed by atoms with Gasteiger partial charge in [0, 0.05) is 37.0 Å². The summed E-state index contributed by atoms with van der Waals surface area (Å²) in [6.07, 6.45) is -1.30. The zero-order chi connectivity index (χ0) is 33.1. The molecule has 0 unspecified atom stereocenters. The molecule has 0 aliphatic carbocycles. The topological polar surface area (TPSA) is 103 Å². The number of aliphatic hydroxyl groups excluding tert-OH is 1. The maximum atomic E-state index is 14.2. The Hall–Kier alpha value is -3.35. The van der Waals surface area contributed by atoms with Gasteiger partial charge in [0.25, 0.3) is 5.91 Å². The second-order valence-electron chi connectivity index (χ2n) is 11.9. The monoisotopic (exact) mass is 636 g/mol. The lowest BCUT2D eigenvalue weighted by molar-refractivity contribution is -0.137. The number of carbonyl (C=O) groups excluding carboxylic acids is 2. The van der Waals surface area contributed by atoms with Crippen molar-refractivity contribution in [2.75, 3.05) is 50.5 Å². The molecule has 12 heteroatoms. The molecule has 0 saturated carbocycles. The molecule has 3 N–H and O–H groups in total. The Bertz CT molecular complexity index is 1240. The van der Waals surface area contributed by atoms with E-state index < -0.39 is 23.8 Å². The van der Waals surface area contributed by atoms with Crippen LogP contribution in [-0.4, -0.2) is 85.0 Å². The molecule has 1 heterocycles. The first-order valence-corrected chi connectivity index (χ1v) is 15.6. The maximum Gasteiger partial charge on any atom is 0.416 e. The third-order valence-corrected chi connectivity index (χ3v) is 7.88. The molecule has 250 valence electrons. The number of carbonyl (C=O) groups is 2. The number of halogens is 3. The summed E-state index contributed by atoms with van der Waals surface area (Å²) < 4.78 is 51.3. The standard InChI is InChI=1S/C33H47F3N4O5/c1-6-16-39(5)20-30-22(2)19-40(23(3)21-41)31(42)28-18-27(14-15-29(28)45-24(4)9-7-8-17-44-30)38-32(43)37-26-12-10-25(11-13-26)33(34,35)36/h10-15,18,22-24,30,41H,6-9,16-17,19-21H2,1-5H3,(H2,37,38,43)/t22-,23+,24-,30-/m1/s1. The molecule has 0 aromatic heterocycles. The summed E-state index contributed by atoms with van der Waals surface area (Å²) in [5.41, 5.74) is -0.144. The summed E-state index contributed by atoms with van der Waals surface area (Å²) in [5.74, 6) is -0.0593. The van der Waals surface area contributed by atoms with Gasteiger partial charge in [-0.3, -0.25) is 4.79 Å². The number of aliphatic hydroxyl groups is 1. The van der Waals surface area contributed by atoms with Gasteiger partial charge in [-0.1, -0.05) is 13.8 Å². The first kappa shape index (κ1) is 36.1. The molecule has 1 aliphatic heterocycles. The molecule has 4 atom stereocenters. The minimum Gasteiger partial charge on any atom is -0.490 e. The van der Waals surface area contributed by atoms with Crippen molar-refractivity contribution in [2.24, 2.45) is 5.92 Å². The van der Waals surface area contributed by atoms with Crippen LogP contribution in [0.2, 0.25) is 0 Å². The molecule has 0 spiro atoms. The fourth-order valence-electron chi connectivity index (χ4n) is 5.28. The van der Waals surface area contributed by atoms with Gasteiger partial charge in [0.1, 0.15) is 5.75 Å². The Morgan fingerprint density at radius 3 is 2.42 bits per heavy atom. The van der Waals surface area contributed by atoms with Crippen molar-refractivity contribution >= 4 is 23.3 Å². The fourth-order valence-corrected chi connectivity index (χ4v) is 5.28. The molecule has 3 rings (SSSR count). The van der Waals surface area contributed by atoms with Crippen LogP contribution < -0.4 is 15.4 Å². The molecule has 2 aromatic rings. The first-order valence-electron chi connectivity index (χ1n) is 15.6. The highest BCUT2D eigenvalue weighted by Crippen LogP contribution is 2.31. The van der Waals surface area contributed by atoms with E-state index in [2.05, 4.69) is 29.5 Å². The zero-order valence-corrected chi connectivity index (χ0v) is 26.8. The summed E-state index contributed by atoms with van der Waals surface area (Å²) in [6, 6.07) is 7.64. The molecule has 3 amide bonds. The number of likely N-dealkylation sites (N-methyl/N-ethyl adjacent to an activating group) is 1. The van der Waals surface area contributed by atoms with Crippen molar-refractivity contribution < 1.29 is 37.3 Å². The SMILES string of the molecule is CCCN(C)C[C@H]1OCCCC[C@@H](C)Oc2ccc(NC(=O)Nc3ccc(C(F)(F)F)cc3)cc2C(=O)N([C@@H](C)CO)C[C@H]1C. The Kier molecular flexibility index (Phi) is 13.5. The van der Waals surface area contributed by atoms with Crippen LogP contribution in [0.25, 0.3) is 0 Å². The van der Waals surface area contributed by atoms with Crippen molar-refractivity contribution in [3.63, 3.8) is 0 Å². The number of hydrogen-bond donors (Lipinski definition) is 3. The van der Waals surface area contributed by atoms with Crippen LogP contribution in [-0.2, 0) is 10.9 Å². The van der Waals surface area contributed by atoms with Crippen LogP contribution in [0.3, 0.4) is 0 Å². The van der Waals surface area contributed by atoms with E-state index in [1.807, 2.05) is 13.8 Å². The number of fused-ring (bicyclic) bond motifs is 1. The number of rotatable bonds is 8. The summed E-state index contributed by atoms with van der Waals surface area (Å²) >= 11 is 0. The lowest BCUT2D eigenvalue weighted by Gasteiger charge is -2.35. The summed E-state index contributed by atoms with van der Waals surface area (Å²) in [7, 11) is 2.06. The molecule has 0 radical (unpaired) electrons. The number of nitrogens with zero attached hydrogens (tertiary/aromatic N) is 2. The van der Waals surface area contributed by atoms with Crippen LogP contribution in [0.4, 0.5) is 29.3 Å². The van der Waals surface area contributed by atoms with Crippen LogP contribution in [0.5, 0.6) is 5.75 Å². The highest BCUT2D eigenvalue weighted by atomic mass is 19.4. The van der Waals surface area contributed by atoms with Gasteiger partial charge >= 0.3 is 12.2 Å². The highest BCUT2D eigenvalue weighted by molar-refractivity contribution is 6.02. The van der Waals surface area contributed by atoms with Crippen molar-refractivity contribution in [1.29, 1.82) is 0 Å². The molecule has 2 aromatic carbocycles. The smallest absolute Gasteiger partial charge is 0.416 e. The highest BCUT2D eigenvalue weighted by Gasteiger charge is 2.31. The molecule has 1 aliphatic rings. The van der Waals surface area contributed by atoms with E-state index in [4.69, 9.17) is 9.47 Å². The summed E-state index contributed by atoms with van der Waals surface area (Å²) in [4.78, 5) is 30.8. The Labute approximate surface area is 264 Å². The molecular formula is C33H47F3N4O5. The minimum atomic E-state index is -4.49. The van der Waals surface area contributed by atoms with E-state index in [9.17, 15) is 27.9 Å². The van der Waals surface area contributed by atoms with Gasteiger partial charge in [-0.2, -0.15) is 13.2 Å². The van der Waals surface area contributed by atoms with Gasteiger partial charge in [-0.25, -0.2) is 4.79 Å². The number of alkyl halides is 3. The lowest BCUT2D eigenvalue weighted by atomic mass is 10.0. The third-order valence-electron chi connectivity index (χ3n) is 7.88. The molecule has 45 heavy (non-hydrogen) atoms. The van der Waals surface area contributed by atoms with E-state index in [0.29, 0.717) is 25.4 Å². The number of amides is 3. The van der Waals surface area contributed by atoms with Crippen molar-refractivity contribution in [2.45, 2.75) is 77.8 Å². The number of hydrogen-bond acceptors (Lipinski definition) is 6. The van der Waals surface area contributed by atoms with E-state index in [0.717, 1.165) is 56.5 Å². The second-order valence-corrected chi connectivity index (χ2v) is 11.9. The van der Waals surface area contributed by atoms with E-state index in [1.165, 1.54) is 6.07 Å². The van der Waals surface area contributed by atoms with Crippen LogP contribution in [0.1, 0.15) is 69.3 Å². The van der Waals surface area contributed by atoms with Gasteiger partial charge < -0.3 is 35.0 Å². The maximum absolute atomic E-state index is 14.2. The predicted molar refractivity (Wildman–Crippen MR) is 169 cm³/mol. The van der Waals surface area contributed by atoms with Gasteiger partial charge in [0.15, 0.2) is 0 Å².